The van der Waals surface area contributed by atoms with Gasteiger partial charge in [-0.1, -0.05) is 137 Å². The number of nitrogens with zero attached hydrogens (tertiary/aromatic N) is 1. The number of phenols is 1. The van der Waals surface area contributed by atoms with Crippen LogP contribution in [0.5, 0.6) is 5.75 Å². The van der Waals surface area contributed by atoms with Gasteiger partial charge in [-0.25, -0.2) is 0 Å². The third kappa shape index (κ3) is 5.83. The normalized spacial score (nSPS) is 25.5. The number of aromatic hydroxyl groups is 1. The summed E-state index contributed by atoms with van der Waals surface area (Å²) in [6.07, 6.45) is 15.6. The van der Waals surface area contributed by atoms with Crippen molar-refractivity contribution in [1.82, 2.24) is 0 Å². The van der Waals surface area contributed by atoms with Crippen LogP contribution in [0.1, 0.15) is 129 Å². The molecule has 43 heavy (non-hydrogen) atoms. The van der Waals surface area contributed by atoms with Gasteiger partial charge in [-0.15, -0.1) is 0 Å². The van der Waals surface area contributed by atoms with Gasteiger partial charge in [0.1, 0.15) is 5.75 Å². The molecule has 3 fully saturated rings. The van der Waals surface area contributed by atoms with Crippen LogP contribution in [0.3, 0.4) is 0 Å². The van der Waals surface area contributed by atoms with Crippen molar-refractivity contribution in [2.75, 3.05) is 6.16 Å². The third-order valence-corrected chi connectivity index (χ3v) is 14.1. The lowest BCUT2D eigenvalue weighted by Crippen LogP contribution is -2.41. The molecule has 2 saturated carbocycles. The highest BCUT2D eigenvalue weighted by Crippen LogP contribution is 2.66. The molecule has 0 amide bonds. The predicted molar refractivity (Wildman–Crippen MR) is 188 cm³/mol. The second-order valence-corrected chi connectivity index (χ2v) is 18.4. The molecule has 0 bridgehead atoms. The second-order valence-electron chi connectivity index (χ2n) is 15.9. The van der Waals surface area contributed by atoms with Gasteiger partial charge in [0.2, 0.25) is 0 Å². The summed E-state index contributed by atoms with van der Waals surface area (Å²) in [4.78, 5) is 5.91. The van der Waals surface area contributed by atoms with E-state index in [2.05, 4.69) is 96.1 Å². The van der Waals surface area contributed by atoms with Crippen molar-refractivity contribution in [3.63, 3.8) is 0 Å². The van der Waals surface area contributed by atoms with E-state index in [-0.39, 0.29) is 16.2 Å². The maximum Gasteiger partial charge on any atom is 0.123 e. The second kappa shape index (κ2) is 12.0. The quantitative estimate of drug-likeness (QED) is 0.299. The van der Waals surface area contributed by atoms with Gasteiger partial charge in [-0.3, -0.25) is 4.99 Å². The van der Waals surface area contributed by atoms with E-state index in [1.54, 1.807) is 0 Å². The fraction of sp³-hybridized carbons (Fsp3) is 0.575. The van der Waals surface area contributed by atoms with E-state index in [4.69, 9.17) is 4.99 Å². The molecule has 3 heteroatoms. The van der Waals surface area contributed by atoms with E-state index in [9.17, 15) is 5.11 Å². The molecule has 1 aliphatic heterocycles. The highest BCUT2D eigenvalue weighted by molar-refractivity contribution is 7.76. The Balaban J connectivity index is 1.66. The predicted octanol–water partition coefficient (Wildman–Crippen LogP) is 11.9. The van der Waals surface area contributed by atoms with E-state index in [1.807, 2.05) is 0 Å². The zero-order valence-corrected chi connectivity index (χ0v) is 28.6. The summed E-state index contributed by atoms with van der Waals surface area (Å²) in [5, 5.41) is 15.0. The van der Waals surface area contributed by atoms with Crippen LogP contribution in [0.25, 0.3) is 10.8 Å². The Labute approximate surface area is 262 Å². The number of hydrogen-bond donors (Lipinski definition) is 1. The highest BCUT2D eigenvalue weighted by atomic mass is 31.1. The summed E-state index contributed by atoms with van der Waals surface area (Å²) in [5.74, 6) is 1.08. The molecule has 230 valence electrons. The minimum Gasteiger partial charge on any atom is -0.507 e. The standard InChI is InChI=1S/C40H54NOP/c1-38(2,3)30-26-33(39(4,5)6)36(42)34(27-30)40(29-18-9-7-10-19-29)24-25-43(31-20-11-8-12-21-31)37(40)41-35-23-15-17-28-16-13-14-22-32(28)35/h13-17,22-23,26-27,29,31,42H,7-12,18-21,24-25H2,1-6H3. The number of rotatable bonds is 4. The van der Waals surface area contributed by atoms with Crippen molar-refractivity contribution < 1.29 is 5.11 Å². The molecule has 2 aliphatic carbocycles. The molecular formula is C40H54NOP. The van der Waals surface area contributed by atoms with E-state index < -0.39 is 7.92 Å². The SMILES string of the molecule is CC(C)(C)c1cc(C(C)(C)C)c(O)c(C2(C3CCCCC3)CCP(C3CCCCC3)C2=Nc2cccc3ccccc23)c1. The molecule has 1 N–H and O–H groups in total. The Morgan fingerprint density at radius 3 is 2.09 bits per heavy atom. The first-order valence-corrected chi connectivity index (χ1v) is 18.8. The molecule has 1 saturated heterocycles. The molecule has 2 atom stereocenters. The minimum absolute atomic E-state index is 0.00411. The summed E-state index contributed by atoms with van der Waals surface area (Å²) >= 11 is 0. The minimum atomic E-state index is -0.391. The Morgan fingerprint density at radius 1 is 0.767 bits per heavy atom. The zero-order chi connectivity index (χ0) is 30.4. The summed E-state index contributed by atoms with van der Waals surface area (Å²) in [7, 11) is -0.391. The van der Waals surface area contributed by atoms with Crippen molar-refractivity contribution in [2.24, 2.45) is 10.9 Å². The molecule has 3 aromatic carbocycles. The van der Waals surface area contributed by atoms with Gasteiger partial charge >= 0.3 is 0 Å². The summed E-state index contributed by atoms with van der Waals surface area (Å²) < 4.78 is 0. The average molecular weight is 596 g/mol. The van der Waals surface area contributed by atoms with Crippen LogP contribution in [0, 0.1) is 5.92 Å². The zero-order valence-electron chi connectivity index (χ0n) is 27.7. The molecule has 3 aliphatic rings. The van der Waals surface area contributed by atoms with Crippen molar-refractivity contribution in [3.05, 3.63) is 71.3 Å². The lowest BCUT2D eigenvalue weighted by atomic mass is 9.62. The van der Waals surface area contributed by atoms with E-state index in [1.165, 1.54) is 97.7 Å². The highest BCUT2D eigenvalue weighted by Gasteiger charge is 2.55. The molecule has 0 aromatic heterocycles. The summed E-state index contributed by atoms with van der Waals surface area (Å²) in [6, 6.07) is 20.2. The van der Waals surface area contributed by atoms with Crippen LogP contribution in [0.15, 0.2) is 59.6 Å². The maximum atomic E-state index is 12.5. The topological polar surface area (TPSA) is 32.6 Å². The van der Waals surface area contributed by atoms with Crippen molar-refractivity contribution in [3.8, 4) is 5.75 Å². The molecule has 2 nitrogen and oxygen atoms in total. The van der Waals surface area contributed by atoms with Crippen LogP contribution in [-0.2, 0) is 16.2 Å². The number of benzene rings is 3. The van der Waals surface area contributed by atoms with E-state index in [0.717, 1.165) is 23.3 Å². The number of hydrogen-bond acceptors (Lipinski definition) is 2. The summed E-state index contributed by atoms with van der Waals surface area (Å²) in [6.45, 7) is 13.8. The van der Waals surface area contributed by atoms with Crippen LogP contribution >= 0.6 is 7.92 Å². The number of aliphatic imine (C=N–C) groups is 1. The monoisotopic (exact) mass is 595 g/mol. The summed E-state index contributed by atoms with van der Waals surface area (Å²) in [5.41, 5.74) is 6.66. The molecule has 6 rings (SSSR count). The Morgan fingerprint density at radius 2 is 1.42 bits per heavy atom. The number of phenolic OH excluding ortho intramolecular Hbond substituents is 1. The van der Waals surface area contributed by atoms with Gasteiger partial charge in [0.15, 0.2) is 0 Å². The van der Waals surface area contributed by atoms with E-state index >= 15 is 0 Å². The largest absolute Gasteiger partial charge is 0.507 e. The Kier molecular flexibility index (Phi) is 8.58. The van der Waals surface area contributed by atoms with Crippen LogP contribution in [-0.4, -0.2) is 22.4 Å². The average Bonchev–Trinajstić information content (AvgIpc) is 3.36. The molecular weight excluding hydrogens is 541 g/mol. The smallest absolute Gasteiger partial charge is 0.123 e. The van der Waals surface area contributed by atoms with Crippen molar-refractivity contribution in [2.45, 2.75) is 134 Å². The Hall–Kier alpha value is -2.18. The van der Waals surface area contributed by atoms with Crippen molar-refractivity contribution >= 4 is 29.8 Å². The molecule has 2 unspecified atom stereocenters. The number of fused-ring (bicyclic) bond motifs is 1. The van der Waals surface area contributed by atoms with Gasteiger partial charge in [0, 0.05) is 16.4 Å². The fourth-order valence-corrected chi connectivity index (χ4v) is 12.2. The lowest BCUT2D eigenvalue weighted by Gasteiger charge is -2.44. The van der Waals surface area contributed by atoms with Gasteiger partial charge in [-0.2, -0.15) is 0 Å². The maximum absolute atomic E-state index is 12.5. The third-order valence-electron chi connectivity index (χ3n) is 11.0. The first-order chi connectivity index (χ1) is 20.5. The van der Waals surface area contributed by atoms with Gasteiger partial charge in [0.05, 0.1) is 11.1 Å². The van der Waals surface area contributed by atoms with Crippen LogP contribution in [0.2, 0.25) is 0 Å². The van der Waals surface area contributed by atoms with Gasteiger partial charge in [-0.05, 0) is 83.3 Å². The lowest BCUT2D eigenvalue weighted by molar-refractivity contribution is 0.256. The first kappa shape index (κ1) is 30.8. The molecule has 1 heterocycles. The van der Waals surface area contributed by atoms with Crippen LogP contribution in [0.4, 0.5) is 5.69 Å². The van der Waals surface area contributed by atoms with E-state index in [0.29, 0.717) is 11.7 Å². The molecule has 0 radical (unpaired) electrons. The van der Waals surface area contributed by atoms with Gasteiger partial charge < -0.3 is 5.11 Å². The van der Waals surface area contributed by atoms with Crippen molar-refractivity contribution in [1.29, 1.82) is 0 Å². The fourth-order valence-electron chi connectivity index (χ4n) is 8.54. The molecule has 3 aromatic rings. The Bertz CT molecular complexity index is 1470. The first-order valence-electron chi connectivity index (χ1n) is 17.2. The van der Waals surface area contributed by atoms with Gasteiger partial charge in [0.25, 0.3) is 0 Å². The molecule has 0 spiro atoms. The van der Waals surface area contributed by atoms with Crippen LogP contribution < -0.4 is 0 Å².